The third kappa shape index (κ3) is 4.72. The van der Waals surface area contributed by atoms with Crippen molar-refractivity contribution < 1.29 is 22.4 Å². The van der Waals surface area contributed by atoms with Crippen LogP contribution >= 0.6 is 0 Å². The van der Waals surface area contributed by atoms with E-state index in [0.29, 0.717) is 29.4 Å². The van der Waals surface area contributed by atoms with Gasteiger partial charge in [-0.15, -0.1) is 0 Å². The summed E-state index contributed by atoms with van der Waals surface area (Å²) in [4.78, 5) is 17.5. The van der Waals surface area contributed by atoms with E-state index in [-0.39, 0.29) is 34.7 Å². The standard InChI is InChI=1S/C26H23F3N6O2/c1-14-23-19(25(28)29)11-20(21-5-4-10-37-21)30-26(23)35(32-14)13-22(36)31-24-15(2)33-34(16(24)3)12-17-6-8-18(27)9-7-17/h4-11,25H,12-13H2,1-3H3,(H,31,36). The molecular weight excluding hydrogens is 485 g/mol. The number of alkyl halides is 2. The van der Waals surface area contributed by atoms with Crippen LogP contribution in [-0.4, -0.2) is 30.5 Å². The minimum absolute atomic E-state index is 0.164. The third-order valence-electron chi connectivity index (χ3n) is 6.10. The molecule has 0 bridgehead atoms. The second-order valence-corrected chi connectivity index (χ2v) is 8.69. The van der Waals surface area contributed by atoms with Crippen LogP contribution in [-0.2, 0) is 17.9 Å². The lowest BCUT2D eigenvalue weighted by molar-refractivity contribution is -0.116. The number of furan rings is 1. The first-order chi connectivity index (χ1) is 17.7. The molecule has 0 atom stereocenters. The predicted octanol–water partition coefficient (Wildman–Crippen LogP) is 5.58. The van der Waals surface area contributed by atoms with Crippen LogP contribution in [0.3, 0.4) is 0 Å². The lowest BCUT2D eigenvalue weighted by Gasteiger charge is -2.09. The maximum absolute atomic E-state index is 13.9. The number of amides is 1. The van der Waals surface area contributed by atoms with E-state index in [1.54, 1.807) is 42.8 Å². The van der Waals surface area contributed by atoms with Gasteiger partial charge in [-0.3, -0.25) is 9.48 Å². The van der Waals surface area contributed by atoms with Gasteiger partial charge in [-0.1, -0.05) is 12.1 Å². The lowest BCUT2D eigenvalue weighted by Crippen LogP contribution is -2.20. The Bertz CT molecular complexity index is 1590. The van der Waals surface area contributed by atoms with Crippen LogP contribution in [0.5, 0.6) is 0 Å². The number of nitrogens with zero attached hydrogens (tertiary/aromatic N) is 5. The first-order valence-electron chi connectivity index (χ1n) is 11.5. The van der Waals surface area contributed by atoms with Crippen LogP contribution in [0.15, 0.2) is 53.1 Å². The number of hydrogen-bond acceptors (Lipinski definition) is 5. The highest BCUT2D eigenvalue weighted by atomic mass is 19.3. The van der Waals surface area contributed by atoms with Gasteiger partial charge in [0.25, 0.3) is 6.43 Å². The summed E-state index contributed by atoms with van der Waals surface area (Å²) in [5.41, 5.74) is 3.22. The molecule has 11 heteroatoms. The molecule has 4 aromatic heterocycles. The Balaban J connectivity index is 1.43. The summed E-state index contributed by atoms with van der Waals surface area (Å²) in [7, 11) is 0. The van der Waals surface area contributed by atoms with E-state index in [1.165, 1.54) is 29.1 Å². The van der Waals surface area contributed by atoms with Crippen LogP contribution < -0.4 is 5.32 Å². The normalized spacial score (nSPS) is 11.5. The van der Waals surface area contributed by atoms with E-state index in [4.69, 9.17) is 4.42 Å². The zero-order chi connectivity index (χ0) is 26.3. The van der Waals surface area contributed by atoms with Crippen molar-refractivity contribution in [1.82, 2.24) is 24.5 Å². The fraction of sp³-hybridized carbons (Fsp3) is 0.231. The Morgan fingerprint density at radius 2 is 1.78 bits per heavy atom. The number of anilines is 1. The highest BCUT2D eigenvalue weighted by molar-refractivity contribution is 5.93. The third-order valence-corrected chi connectivity index (χ3v) is 6.10. The number of carbonyl (C=O) groups excluding carboxylic acids is 1. The molecule has 0 saturated carbocycles. The molecule has 0 spiro atoms. The number of nitrogens with one attached hydrogen (secondary N) is 1. The number of halogens is 3. The molecule has 8 nitrogen and oxygen atoms in total. The quantitative estimate of drug-likeness (QED) is 0.310. The van der Waals surface area contributed by atoms with Gasteiger partial charge >= 0.3 is 0 Å². The summed E-state index contributed by atoms with van der Waals surface area (Å²) in [6.45, 7) is 5.35. The Hall–Kier alpha value is -4.41. The van der Waals surface area contributed by atoms with Gasteiger partial charge in [0.1, 0.15) is 18.1 Å². The van der Waals surface area contributed by atoms with Crippen molar-refractivity contribution in [1.29, 1.82) is 0 Å². The summed E-state index contributed by atoms with van der Waals surface area (Å²) in [6, 6.07) is 10.7. The van der Waals surface area contributed by atoms with E-state index < -0.39 is 12.3 Å². The first kappa shape index (κ1) is 24.3. The molecular formula is C26H23F3N6O2. The van der Waals surface area contributed by atoms with Crippen molar-refractivity contribution in [2.24, 2.45) is 0 Å². The maximum Gasteiger partial charge on any atom is 0.264 e. The van der Waals surface area contributed by atoms with Gasteiger partial charge in [0.15, 0.2) is 11.4 Å². The maximum atomic E-state index is 13.9. The van der Waals surface area contributed by atoms with Gasteiger partial charge in [-0.05, 0) is 56.7 Å². The Kier molecular flexibility index (Phi) is 6.28. The van der Waals surface area contributed by atoms with E-state index in [1.807, 2.05) is 6.92 Å². The Morgan fingerprint density at radius 1 is 1.05 bits per heavy atom. The topological polar surface area (TPSA) is 90.8 Å². The molecule has 37 heavy (non-hydrogen) atoms. The molecule has 1 amide bonds. The molecule has 0 aliphatic rings. The Morgan fingerprint density at radius 3 is 2.46 bits per heavy atom. The molecule has 0 aliphatic heterocycles. The fourth-order valence-electron chi connectivity index (χ4n) is 4.33. The lowest BCUT2D eigenvalue weighted by atomic mass is 10.1. The highest BCUT2D eigenvalue weighted by Gasteiger charge is 2.23. The van der Waals surface area contributed by atoms with E-state index in [9.17, 15) is 18.0 Å². The molecule has 4 heterocycles. The number of benzene rings is 1. The molecule has 0 fully saturated rings. The molecule has 0 saturated heterocycles. The number of aromatic nitrogens is 5. The van der Waals surface area contributed by atoms with Crippen molar-refractivity contribution in [3.8, 4) is 11.5 Å². The molecule has 5 aromatic rings. The Labute approximate surface area is 209 Å². The van der Waals surface area contributed by atoms with Crippen molar-refractivity contribution in [3.05, 3.63) is 82.8 Å². The van der Waals surface area contributed by atoms with Crippen LogP contribution in [0, 0.1) is 26.6 Å². The van der Waals surface area contributed by atoms with Gasteiger partial charge in [0.2, 0.25) is 5.91 Å². The minimum Gasteiger partial charge on any atom is -0.463 e. The molecule has 0 aliphatic carbocycles. The highest BCUT2D eigenvalue weighted by Crippen LogP contribution is 2.33. The number of aryl methyl sites for hydroxylation is 2. The molecule has 0 unspecified atom stereocenters. The van der Waals surface area contributed by atoms with Crippen LogP contribution in [0.2, 0.25) is 0 Å². The number of hydrogen-bond donors (Lipinski definition) is 1. The van der Waals surface area contributed by atoms with Crippen LogP contribution in [0.4, 0.5) is 18.9 Å². The number of pyridine rings is 1. The zero-order valence-electron chi connectivity index (χ0n) is 20.3. The molecule has 5 rings (SSSR count). The smallest absolute Gasteiger partial charge is 0.264 e. The predicted molar refractivity (Wildman–Crippen MR) is 131 cm³/mol. The average Bonchev–Trinajstić information content (AvgIpc) is 3.56. The van der Waals surface area contributed by atoms with Crippen molar-refractivity contribution in [2.75, 3.05) is 5.32 Å². The SMILES string of the molecule is Cc1nn(Cc2ccc(F)cc2)c(C)c1NC(=O)Cn1nc(C)c2c(C(F)F)cc(-c3ccco3)nc21. The monoisotopic (exact) mass is 508 g/mol. The summed E-state index contributed by atoms with van der Waals surface area (Å²) in [5, 5.41) is 11.9. The van der Waals surface area contributed by atoms with Crippen molar-refractivity contribution in [2.45, 2.75) is 40.3 Å². The van der Waals surface area contributed by atoms with Gasteiger partial charge in [-0.2, -0.15) is 10.2 Å². The van der Waals surface area contributed by atoms with Crippen molar-refractivity contribution in [3.63, 3.8) is 0 Å². The molecule has 1 N–H and O–H groups in total. The fourth-order valence-corrected chi connectivity index (χ4v) is 4.33. The van der Waals surface area contributed by atoms with Gasteiger partial charge in [-0.25, -0.2) is 22.8 Å². The number of rotatable bonds is 7. The second kappa shape index (κ2) is 9.57. The number of fused-ring (bicyclic) bond motifs is 1. The summed E-state index contributed by atoms with van der Waals surface area (Å²) in [5.74, 6) is -0.405. The summed E-state index contributed by atoms with van der Waals surface area (Å²) < 4.78 is 49.4. The van der Waals surface area contributed by atoms with Gasteiger partial charge in [0, 0.05) is 5.56 Å². The van der Waals surface area contributed by atoms with E-state index in [2.05, 4.69) is 20.5 Å². The van der Waals surface area contributed by atoms with Crippen molar-refractivity contribution >= 4 is 22.6 Å². The second-order valence-electron chi connectivity index (χ2n) is 8.69. The molecule has 0 radical (unpaired) electrons. The minimum atomic E-state index is -2.76. The average molecular weight is 509 g/mol. The first-order valence-corrected chi connectivity index (χ1v) is 11.5. The van der Waals surface area contributed by atoms with Gasteiger partial charge < -0.3 is 9.73 Å². The largest absolute Gasteiger partial charge is 0.463 e. The number of carbonyl (C=O) groups is 1. The van der Waals surface area contributed by atoms with E-state index in [0.717, 1.165) is 11.3 Å². The van der Waals surface area contributed by atoms with Crippen LogP contribution in [0.25, 0.3) is 22.5 Å². The van der Waals surface area contributed by atoms with Gasteiger partial charge in [0.05, 0.1) is 41.0 Å². The van der Waals surface area contributed by atoms with E-state index >= 15 is 0 Å². The van der Waals surface area contributed by atoms with Crippen LogP contribution in [0.1, 0.15) is 34.6 Å². The zero-order valence-corrected chi connectivity index (χ0v) is 20.3. The summed E-state index contributed by atoms with van der Waals surface area (Å²) in [6.07, 6.45) is -1.33. The molecule has 1 aromatic carbocycles. The summed E-state index contributed by atoms with van der Waals surface area (Å²) >= 11 is 0. The molecule has 190 valence electrons.